The summed E-state index contributed by atoms with van der Waals surface area (Å²) in [7, 11) is 1.32. The lowest BCUT2D eigenvalue weighted by Gasteiger charge is -2.07. The van der Waals surface area contributed by atoms with Gasteiger partial charge < -0.3 is 9.47 Å². The molecule has 0 saturated heterocycles. The van der Waals surface area contributed by atoms with E-state index in [1.54, 1.807) is 13.8 Å². The minimum Gasteiger partial charge on any atom is -0.469 e. The lowest BCUT2D eigenvalue weighted by Crippen LogP contribution is -2.11. The summed E-state index contributed by atoms with van der Waals surface area (Å²) in [4.78, 5) is 21.7. The highest BCUT2D eigenvalue weighted by Crippen LogP contribution is 2.16. The van der Waals surface area contributed by atoms with Gasteiger partial charge in [-0.3, -0.25) is 4.79 Å². The molecule has 5 heteroatoms. The number of hydrogen-bond acceptors (Lipinski definition) is 5. The van der Waals surface area contributed by atoms with Gasteiger partial charge in [0.1, 0.15) is 0 Å². The molecular weight excluding hydrogens is 192 g/mol. The number of hydrogen-bond donors (Lipinski definition) is 0. The van der Waals surface area contributed by atoms with Crippen LogP contribution in [-0.2, 0) is 14.3 Å². The number of esters is 1. The van der Waals surface area contributed by atoms with Crippen molar-refractivity contribution in [3.63, 3.8) is 0 Å². The molecule has 0 spiro atoms. The number of rotatable bonds is 4. The van der Waals surface area contributed by atoms with Gasteiger partial charge in [0.25, 0.3) is 0 Å². The van der Waals surface area contributed by atoms with Crippen LogP contribution in [0.3, 0.4) is 0 Å². The molecule has 0 N–H and O–H groups in total. The van der Waals surface area contributed by atoms with Crippen LogP contribution in [0.1, 0.15) is 20.3 Å². The van der Waals surface area contributed by atoms with Gasteiger partial charge in [0, 0.05) is 5.25 Å². The Kier molecular flexibility index (Phi) is 6.40. The van der Waals surface area contributed by atoms with Crippen molar-refractivity contribution in [3.05, 3.63) is 0 Å². The monoisotopic (exact) mass is 206 g/mol. The second-order valence-electron chi connectivity index (χ2n) is 2.39. The van der Waals surface area contributed by atoms with Crippen LogP contribution in [-0.4, -0.2) is 30.2 Å². The van der Waals surface area contributed by atoms with Crippen molar-refractivity contribution in [2.45, 2.75) is 25.5 Å². The first-order valence-corrected chi connectivity index (χ1v) is 4.88. The van der Waals surface area contributed by atoms with Crippen LogP contribution >= 0.6 is 11.8 Å². The standard InChI is InChI=1S/C8H14O4S/c1-4-12-8(10)13-6(2)5-7(9)11-3/h6H,4-5H2,1-3H3. The molecule has 1 atom stereocenters. The first-order chi connectivity index (χ1) is 6.10. The number of carbonyl (C=O) groups is 2. The third kappa shape index (κ3) is 6.45. The van der Waals surface area contributed by atoms with Gasteiger partial charge in [-0.25, -0.2) is 4.79 Å². The predicted octanol–water partition coefficient (Wildman–Crippen LogP) is 1.83. The van der Waals surface area contributed by atoms with E-state index in [1.807, 2.05) is 0 Å². The van der Waals surface area contributed by atoms with Crippen LogP contribution in [0.2, 0.25) is 0 Å². The Balaban J connectivity index is 3.67. The highest BCUT2D eigenvalue weighted by molar-refractivity contribution is 8.13. The maximum absolute atomic E-state index is 10.9. The van der Waals surface area contributed by atoms with Crippen LogP contribution in [0, 0.1) is 0 Å². The minimum absolute atomic E-state index is 0.105. The molecule has 76 valence electrons. The molecule has 0 bridgehead atoms. The van der Waals surface area contributed by atoms with Crippen molar-refractivity contribution in [1.82, 2.24) is 0 Å². The fourth-order valence-electron chi connectivity index (χ4n) is 0.676. The lowest BCUT2D eigenvalue weighted by atomic mass is 10.3. The molecule has 0 aromatic heterocycles. The molecule has 0 aliphatic heterocycles. The van der Waals surface area contributed by atoms with Gasteiger partial charge in [0.15, 0.2) is 0 Å². The van der Waals surface area contributed by atoms with Gasteiger partial charge in [-0.05, 0) is 18.7 Å². The van der Waals surface area contributed by atoms with Gasteiger partial charge >= 0.3 is 11.3 Å². The third-order valence-corrected chi connectivity index (χ3v) is 2.12. The predicted molar refractivity (Wildman–Crippen MR) is 50.7 cm³/mol. The van der Waals surface area contributed by atoms with E-state index < -0.39 is 0 Å². The van der Waals surface area contributed by atoms with E-state index in [1.165, 1.54) is 7.11 Å². The summed E-state index contributed by atoms with van der Waals surface area (Å²) < 4.78 is 9.16. The Bertz CT molecular complexity index is 181. The smallest absolute Gasteiger partial charge is 0.367 e. The van der Waals surface area contributed by atoms with Crippen molar-refractivity contribution in [1.29, 1.82) is 0 Å². The van der Waals surface area contributed by atoms with Crippen LogP contribution < -0.4 is 0 Å². The van der Waals surface area contributed by atoms with E-state index in [0.29, 0.717) is 6.61 Å². The molecule has 0 saturated carbocycles. The van der Waals surface area contributed by atoms with E-state index in [2.05, 4.69) is 4.74 Å². The molecule has 0 aromatic carbocycles. The molecule has 0 aliphatic carbocycles. The molecule has 13 heavy (non-hydrogen) atoms. The highest BCUT2D eigenvalue weighted by Gasteiger charge is 2.14. The van der Waals surface area contributed by atoms with Crippen LogP contribution in [0.25, 0.3) is 0 Å². The van der Waals surface area contributed by atoms with E-state index in [-0.39, 0.29) is 22.9 Å². The Labute approximate surface area is 82.0 Å². The second kappa shape index (κ2) is 6.77. The topological polar surface area (TPSA) is 52.6 Å². The third-order valence-electron chi connectivity index (χ3n) is 1.24. The maximum Gasteiger partial charge on any atom is 0.367 e. The summed E-state index contributed by atoms with van der Waals surface area (Å²) in [6.07, 6.45) is 0.222. The molecule has 0 fully saturated rings. The van der Waals surface area contributed by atoms with Crippen LogP contribution in [0.15, 0.2) is 0 Å². The number of ether oxygens (including phenoxy) is 2. The lowest BCUT2D eigenvalue weighted by molar-refractivity contribution is -0.140. The number of thioether (sulfide) groups is 1. The second-order valence-corrected chi connectivity index (χ2v) is 3.77. The zero-order valence-electron chi connectivity index (χ0n) is 8.03. The Morgan fingerprint density at radius 3 is 2.54 bits per heavy atom. The van der Waals surface area contributed by atoms with Crippen molar-refractivity contribution in [2.75, 3.05) is 13.7 Å². The van der Waals surface area contributed by atoms with Gasteiger partial charge in [0.05, 0.1) is 20.1 Å². The van der Waals surface area contributed by atoms with Crippen molar-refractivity contribution in [2.24, 2.45) is 0 Å². The number of methoxy groups -OCH3 is 1. The fourth-order valence-corrected chi connectivity index (χ4v) is 1.41. The average Bonchev–Trinajstić information content (AvgIpc) is 2.04. The van der Waals surface area contributed by atoms with Gasteiger partial charge in [-0.2, -0.15) is 0 Å². The highest BCUT2D eigenvalue weighted by atomic mass is 32.2. The van der Waals surface area contributed by atoms with E-state index in [0.717, 1.165) is 11.8 Å². The molecule has 0 amide bonds. The summed E-state index contributed by atoms with van der Waals surface area (Å²) >= 11 is 1.01. The summed E-state index contributed by atoms with van der Waals surface area (Å²) in [6.45, 7) is 3.87. The van der Waals surface area contributed by atoms with Crippen molar-refractivity contribution in [3.8, 4) is 0 Å². The van der Waals surface area contributed by atoms with Crippen molar-refractivity contribution < 1.29 is 19.1 Å². The zero-order chi connectivity index (χ0) is 10.3. The van der Waals surface area contributed by atoms with Crippen LogP contribution in [0.4, 0.5) is 4.79 Å². The first kappa shape index (κ1) is 12.3. The van der Waals surface area contributed by atoms with Crippen molar-refractivity contribution >= 4 is 23.0 Å². The van der Waals surface area contributed by atoms with Gasteiger partial charge in [-0.1, -0.05) is 6.92 Å². The molecule has 0 rings (SSSR count). The van der Waals surface area contributed by atoms with E-state index in [9.17, 15) is 9.59 Å². The van der Waals surface area contributed by atoms with Crippen LogP contribution in [0.5, 0.6) is 0 Å². The molecule has 0 radical (unpaired) electrons. The van der Waals surface area contributed by atoms with Gasteiger partial charge in [0.2, 0.25) is 0 Å². The summed E-state index contributed by atoms with van der Waals surface area (Å²) in [5.41, 5.74) is 0. The Morgan fingerprint density at radius 2 is 2.08 bits per heavy atom. The fraction of sp³-hybridized carbons (Fsp3) is 0.750. The summed E-state index contributed by atoms with van der Waals surface area (Å²) in [5.74, 6) is -0.315. The van der Waals surface area contributed by atoms with Gasteiger partial charge in [-0.15, -0.1) is 0 Å². The molecule has 0 heterocycles. The largest absolute Gasteiger partial charge is 0.469 e. The molecular formula is C8H14O4S. The summed E-state index contributed by atoms with van der Waals surface area (Å²) in [5, 5.41) is -0.453. The van der Waals surface area contributed by atoms with E-state index in [4.69, 9.17) is 4.74 Å². The average molecular weight is 206 g/mol. The normalized spacial score (nSPS) is 11.9. The molecule has 0 aromatic rings. The first-order valence-electron chi connectivity index (χ1n) is 4.00. The minimum atomic E-state index is -0.348. The molecule has 1 unspecified atom stereocenters. The zero-order valence-corrected chi connectivity index (χ0v) is 8.85. The van der Waals surface area contributed by atoms with E-state index >= 15 is 0 Å². The summed E-state index contributed by atoms with van der Waals surface area (Å²) in [6, 6.07) is 0. The Morgan fingerprint density at radius 1 is 1.46 bits per heavy atom. The number of carbonyl (C=O) groups excluding carboxylic acids is 2. The molecule has 0 aliphatic rings. The SMILES string of the molecule is CCOC(=O)SC(C)CC(=O)OC. The quantitative estimate of drug-likeness (QED) is 0.657. The maximum atomic E-state index is 10.9. The molecule has 4 nitrogen and oxygen atoms in total. The Hall–Kier alpha value is -0.710.